The molecule has 8 aromatic carbocycles. The number of fused-ring (bicyclic) bond motifs is 27. The third kappa shape index (κ3) is 7.59. The summed E-state index contributed by atoms with van der Waals surface area (Å²) in [5.41, 5.74) is 35.6. The van der Waals surface area contributed by atoms with Crippen LogP contribution in [0.1, 0.15) is 99.5 Å². The predicted octanol–water partition coefficient (Wildman–Crippen LogP) is 24.3. The van der Waals surface area contributed by atoms with Gasteiger partial charge in [0.25, 0.3) is 0 Å². The van der Waals surface area contributed by atoms with E-state index in [9.17, 15) is 0 Å². The Bertz CT molecular complexity index is 6240. The molecule has 18 aromatic rings. The van der Waals surface area contributed by atoms with Crippen LogP contribution in [0.15, 0.2) is 174 Å². The molecule has 0 aliphatic heterocycles. The molecule has 0 saturated carbocycles. The second kappa shape index (κ2) is 19.6. The zero-order valence-electron chi connectivity index (χ0n) is 53.1. The average molecular weight is 1370 g/mol. The second-order valence-electron chi connectivity index (χ2n) is 27.2. The van der Waals surface area contributed by atoms with Crippen LogP contribution in [0, 0.1) is 55.4 Å². The summed E-state index contributed by atoms with van der Waals surface area (Å²) in [6.45, 7) is 17.5. The molecule has 4 aliphatic rings. The molecule has 10 heteroatoms. The number of aromatic nitrogens is 3. The Balaban J connectivity index is 0.000000126. The molecule has 0 N–H and O–H groups in total. The van der Waals surface area contributed by atoms with Gasteiger partial charge < -0.3 is 9.13 Å². The summed E-state index contributed by atoms with van der Waals surface area (Å²) < 4.78 is 28.7. The third-order valence-corrected chi connectivity index (χ3v) is 29.9. The maximum atomic E-state index is 6.40. The number of hydrogen-bond donors (Lipinski definition) is 0. The van der Waals surface area contributed by atoms with E-state index in [1.54, 1.807) is 8.52 Å². The van der Waals surface area contributed by atoms with Crippen molar-refractivity contribution >= 4 is 172 Å². The number of hydrogen-bond acceptors (Lipinski definition) is 6. The molecule has 0 radical (unpaired) electrons. The van der Waals surface area contributed by atoms with Crippen LogP contribution in [-0.4, -0.2) is 28.2 Å². The fourth-order valence-corrected chi connectivity index (χ4v) is 26.3. The molecule has 10 aromatic heterocycles. The van der Waals surface area contributed by atoms with E-state index in [2.05, 4.69) is 239 Å². The first-order valence-corrected chi connectivity index (χ1v) is 38.4. The molecule has 0 fully saturated rings. The predicted molar refractivity (Wildman–Crippen MR) is 407 cm³/mol. The van der Waals surface area contributed by atoms with Gasteiger partial charge in [-0.2, -0.15) is 0 Å². The molecule has 94 heavy (non-hydrogen) atoms. The summed E-state index contributed by atoms with van der Waals surface area (Å²) in [5, 5.41) is 5.64. The first-order valence-electron chi connectivity index (χ1n) is 32.6. The Morgan fingerprint density at radius 3 is 1.47 bits per heavy atom. The van der Waals surface area contributed by atoms with Crippen LogP contribution in [0.2, 0.25) is 0 Å². The molecule has 22 rings (SSSR count). The molecule has 0 bridgehead atoms. The normalized spacial score (nSPS) is 14.5. The number of thiophene rings is 5. The van der Waals surface area contributed by atoms with E-state index in [0.717, 1.165) is 30.8 Å². The topological polar surface area (TPSA) is 27.9 Å². The van der Waals surface area contributed by atoms with Gasteiger partial charge in [0.1, 0.15) is 0 Å². The number of furan rings is 1. The zero-order valence-corrected chi connectivity index (χ0v) is 58.9. The fourth-order valence-electron chi connectivity index (χ4n) is 16.6. The first kappa shape index (κ1) is 54.8. The van der Waals surface area contributed by atoms with Crippen LogP contribution in [-0.2, 0) is 19.3 Å². The minimum absolute atomic E-state index is 0.245. The van der Waals surface area contributed by atoms with Crippen LogP contribution in [0.4, 0.5) is 0 Å². The van der Waals surface area contributed by atoms with Crippen LogP contribution < -0.4 is 0 Å². The van der Waals surface area contributed by atoms with E-state index in [0.29, 0.717) is 0 Å². The first-order chi connectivity index (χ1) is 45.8. The minimum atomic E-state index is 0.245. The van der Waals surface area contributed by atoms with Crippen LogP contribution in [0.5, 0.6) is 0 Å². The van der Waals surface area contributed by atoms with Gasteiger partial charge in [0, 0.05) is 66.6 Å². The fraction of sp³-hybridized carbons (Fsp3) is 0.143. The van der Waals surface area contributed by atoms with Crippen molar-refractivity contribution in [1.29, 1.82) is 0 Å². The van der Waals surface area contributed by atoms with Gasteiger partial charge in [-0.05, 0) is 82.1 Å². The van der Waals surface area contributed by atoms with Crippen molar-refractivity contribution in [3.8, 4) is 39.6 Å². The van der Waals surface area contributed by atoms with Gasteiger partial charge >= 0.3 is 278 Å². The maximum absolute atomic E-state index is 6.40. The summed E-state index contributed by atoms with van der Waals surface area (Å²) >= 11 is 10.2. The van der Waals surface area contributed by atoms with Crippen molar-refractivity contribution in [3.63, 3.8) is 0 Å². The van der Waals surface area contributed by atoms with E-state index in [4.69, 9.17) is 4.42 Å². The van der Waals surface area contributed by atoms with Crippen LogP contribution >= 0.6 is 56.7 Å². The van der Waals surface area contributed by atoms with Crippen molar-refractivity contribution in [3.05, 3.63) is 263 Å². The molecule has 0 spiro atoms. The van der Waals surface area contributed by atoms with E-state index >= 15 is 0 Å². The summed E-state index contributed by atoms with van der Waals surface area (Å²) in [7, 11) is 0. The molecule has 0 amide bonds. The van der Waals surface area contributed by atoms with Crippen molar-refractivity contribution in [1.82, 2.24) is 13.7 Å². The molecule has 1 unspecified atom stereocenters. The van der Waals surface area contributed by atoms with Gasteiger partial charge in [0.2, 0.25) is 0 Å². The van der Waals surface area contributed by atoms with Crippen molar-refractivity contribution in [2.45, 2.75) is 80.6 Å². The Kier molecular flexibility index (Phi) is 11.4. The number of rotatable bonds is 4. The molecule has 0 saturated heterocycles. The van der Waals surface area contributed by atoms with Crippen molar-refractivity contribution < 1.29 is 4.42 Å². The van der Waals surface area contributed by atoms with Gasteiger partial charge in [-0.1, -0.05) is 82.9 Å². The SMILES string of the molecule is Cc1ccc(-n2c3c(c4sc5cc6c(cc5c42)sc2c4c(n(-c5ccc(C)cc5)c26)-c2ccc(C)cc2C4)Cc2cc(C)ccc2-3)cc1.Cc1ccc(C2C3=C(Cc4c3sc3cc5c(cc43)sc3c5[se]c4c5sc(C)cc5n(-c5ccc(C)cc5)c34)c3oc(C)cc32)cc1. The monoisotopic (exact) mass is 1370 g/mol. The van der Waals surface area contributed by atoms with Gasteiger partial charge in [0.15, 0.2) is 0 Å². The molecular weight excluding hydrogens is 1310 g/mol. The Labute approximate surface area is 568 Å². The molecule has 4 aliphatic carbocycles. The van der Waals surface area contributed by atoms with E-state index in [-0.39, 0.29) is 20.4 Å². The second-order valence-corrected chi connectivity index (χ2v) is 34.8. The van der Waals surface area contributed by atoms with Gasteiger partial charge in [-0.15, -0.1) is 22.7 Å². The number of allylic oxidation sites excluding steroid dienone is 2. The third-order valence-electron chi connectivity index (χ3n) is 20.9. The molecule has 1 atom stereocenters. The standard InChI is InChI=1S/C44H32N2S2.C40H27NOS3Se/c1-23-5-11-29(12-6-23)45-39-31-15-9-25(3)17-27(31)19-35(39)43-41(45)33-21-38-34(22-37(33)47-43)42-44(48-38)36-20-28-18-26(4)10-16-32(28)40(36)46(42)30-13-7-24(2)8-14-30;1-18-5-9-22(10-6-18)32-27-13-20(3)42-35(27)28-15-25-24-16-31-26(17-30(24)44-36(25)33(28)32)39-38(45-31)34-40(46-39)37-29(14-21(4)43-37)41(34)23-11-7-19(2)8-12-23/h5-18,21-22H,19-20H2,1-4H3;5-14,16-17,32H,15H2,1-4H3. The van der Waals surface area contributed by atoms with E-state index in [1.807, 2.05) is 56.7 Å². The van der Waals surface area contributed by atoms with Crippen LogP contribution in [0.3, 0.4) is 0 Å². The Hall–Kier alpha value is -8.54. The van der Waals surface area contributed by atoms with Gasteiger partial charge in [-0.25, -0.2) is 0 Å². The van der Waals surface area contributed by atoms with E-state index in [1.165, 1.54) is 214 Å². The van der Waals surface area contributed by atoms with Gasteiger partial charge in [0.05, 0.1) is 31.8 Å². The molecule has 4 nitrogen and oxygen atoms in total. The summed E-state index contributed by atoms with van der Waals surface area (Å²) in [4.78, 5) is 2.87. The van der Waals surface area contributed by atoms with Crippen molar-refractivity contribution in [2.75, 3.05) is 0 Å². The van der Waals surface area contributed by atoms with Crippen LogP contribution in [0.25, 0.3) is 140 Å². The Morgan fingerprint density at radius 2 is 0.894 bits per heavy atom. The summed E-state index contributed by atoms with van der Waals surface area (Å²) in [6.07, 6.45) is 2.95. The number of aryl methyl sites for hydroxylation is 8. The van der Waals surface area contributed by atoms with Crippen molar-refractivity contribution in [2.24, 2.45) is 0 Å². The average Bonchev–Trinajstić information content (AvgIpc) is 1.54. The zero-order chi connectivity index (χ0) is 62.6. The molecular formula is C84H59N3OS5Se. The quantitative estimate of drug-likeness (QED) is 0.161. The van der Waals surface area contributed by atoms with E-state index < -0.39 is 0 Å². The number of benzene rings is 8. The summed E-state index contributed by atoms with van der Waals surface area (Å²) in [5.74, 6) is 2.37. The Morgan fingerprint density at radius 1 is 0.404 bits per heavy atom. The molecule has 10 heterocycles. The number of nitrogens with zero attached hydrogens (tertiary/aromatic N) is 3. The molecule has 452 valence electrons. The van der Waals surface area contributed by atoms with Gasteiger partial charge in [-0.3, -0.25) is 0 Å². The summed E-state index contributed by atoms with van der Waals surface area (Å²) in [6, 6.07) is 65.2.